The Hall–Kier alpha value is -2.18. The molecular formula is C14H12ClN3O2S. The van der Waals surface area contributed by atoms with Gasteiger partial charge in [0.15, 0.2) is 12.4 Å². The number of carbonyl (C=O) groups excluding carboxylic acids is 1. The van der Waals surface area contributed by atoms with E-state index in [1.54, 1.807) is 36.4 Å². The van der Waals surface area contributed by atoms with Crippen molar-refractivity contribution in [1.82, 2.24) is 4.98 Å². The molecule has 21 heavy (non-hydrogen) atoms. The van der Waals surface area contributed by atoms with E-state index in [4.69, 9.17) is 34.3 Å². The molecule has 0 fully saturated rings. The van der Waals surface area contributed by atoms with Crippen molar-refractivity contribution >= 4 is 40.5 Å². The summed E-state index contributed by atoms with van der Waals surface area (Å²) >= 11 is 10.7. The first-order chi connectivity index (χ1) is 10.1. The van der Waals surface area contributed by atoms with Gasteiger partial charge in [-0.2, -0.15) is 0 Å². The van der Waals surface area contributed by atoms with E-state index in [0.29, 0.717) is 21.6 Å². The number of pyridine rings is 1. The zero-order valence-corrected chi connectivity index (χ0v) is 12.4. The molecule has 0 unspecified atom stereocenters. The maximum absolute atomic E-state index is 11.7. The molecule has 3 N–H and O–H groups in total. The Balaban J connectivity index is 1.89. The number of ether oxygens (including phenoxy) is 1. The lowest BCUT2D eigenvalue weighted by Crippen LogP contribution is -2.21. The van der Waals surface area contributed by atoms with Crippen LogP contribution in [0.1, 0.15) is 5.56 Å². The first-order valence-electron chi connectivity index (χ1n) is 5.99. The first-order valence-corrected chi connectivity index (χ1v) is 6.78. The number of hydrogen-bond donors (Lipinski definition) is 2. The highest BCUT2D eigenvalue weighted by Gasteiger charge is 2.07. The summed E-state index contributed by atoms with van der Waals surface area (Å²) in [7, 11) is 0. The number of halogens is 1. The highest BCUT2D eigenvalue weighted by Crippen LogP contribution is 2.17. The van der Waals surface area contributed by atoms with Crippen LogP contribution in [0.3, 0.4) is 0 Å². The Morgan fingerprint density at radius 2 is 2.05 bits per heavy atom. The van der Waals surface area contributed by atoms with E-state index in [9.17, 15) is 4.79 Å². The number of aromatic nitrogens is 1. The fourth-order valence-corrected chi connectivity index (χ4v) is 1.81. The van der Waals surface area contributed by atoms with E-state index in [1.165, 1.54) is 6.20 Å². The second kappa shape index (κ2) is 7.01. The third-order valence-corrected chi connectivity index (χ3v) is 3.07. The molecule has 5 nitrogen and oxygen atoms in total. The van der Waals surface area contributed by atoms with Gasteiger partial charge in [0.2, 0.25) is 0 Å². The lowest BCUT2D eigenvalue weighted by molar-refractivity contribution is -0.118. The summed E-state index contributed by atoms with van der Waals surface area (Å²) in [6.45, 7) is -0.153. The third-order valence-electron chi connectivity index (χ3n) is 2.53. The average molecular weight is 322 g/mol. The van der Waals surface area contributed by atoms with Crippen LogP contribution >= 0.6 is 23.8 Å². The molecule has 1 heterocycles. The fraction of sp³-hybridized carbons (Fsp3) is 0.0714. The van der Waals surface area contributed by atoms with Crippen LogP contribution in [0.15, 0.2) is 42.6 Å². The van der Waals surface area contributed by atoms with Gasteiger partial charge in [-0.15, -0.1) is 0 Å². The molecule has 0 saturated carbocycles. The maximum Gasteiger partial charge on any atom is 0.263 e. The highest BCUT2D eigenvalue weighted by atomic mass is 35.5. The van der Waals surface area contributed by atoms with E-state index in [0.717, 1.165) is 5.56 Å². The minimum Gasteiger partial charge on any atom is -0.484 e. The van der Waals surface area contributed by atoms with Crippen LogP contribution in [0.5, 0.6) is 5.75 Å². The number of thiocarbonyl (C=S) groups is 1. The third kappa shape index (κ3) is 4.40. The number of hydrogen-bond acceptors (Lipinski definition) is 4. The summed E-state index contributed by atoms with van der Waals surface area (Å²) in [5.74, 6) is 0.489. The molecule has 0 saturated heterocycles. The summed E-state index contributed by atoms with van der Waals surface area (Å²) in [4.78, 5) is 16.0. The largest absolute Gasteiger partial charge is 0.484 e. The molecule has 0 aliphatic carbocycles. The van der Waals surface area contributed by atoms with Crippen LogP contribution in [0.4, 0.5) is 5.82 Å². The zero-order chi connectivity index (χ0) is 15.2. The quantitative estimate of drug-likeness (QED) is 0.827. The molecular weight excluding hydrogens is 310 g/mol. The van der Waals surface area contributed by atoms with E-state index in [1.807, 2.05) is 0 Å². The van der Waals surface area contributed by atoms with Crippen LogP contribution in [-0.4, -0.2) is 22.5 Å². The van der Waals surface area contributed by atoms with Gasteiger partial charge in [-0.05, 0) is 36.4 Å². The molecule has 0 spiro atoms. The first kappa shape index (κ1) is 15.2. The smallest absolute Gasteiger partial charge is 0.263 e. The van der Waals surface area contributed by atoms with E-state index in [-0.39, 0.29) is 12.5 Å². The number of nitrogens with zero attached hydrogens (tertiary/aromatic N) is 1. The normalized spacial score (nSPS) is 9.95. The average Bonchev–Trinajstić information content (AvgIpc) is 2.48. The summed E-state index contributed by atoms with van der Waals surface area (Å²) < 4.78 is 5.35. The van der Waals surface area contributed by atoms with Crippen LogP contribution < -0.4 is 15.8 Å². The molecule has 0 aliphatic rings. The number of rotatable bonds is 5. The number of anilines is 1. The topological polar surface area (TPSA) is 77.2 Å². The molecule has 0 bridgehead atoms. The van der Waals surface area contributed by atoms with Crippen molar-refractivity contribution < 1.29 is 9.53 Å². The van der Waals surface area contributed by atoms with E-state index in [2.05, 4.69) is 10.3 Å². The second-order valence-electron chi connectivity index (χ2n) is 4.06. The molecule has 2 aromatic rings. The van der Waals surface area contributed by atoms with Crippen molar-refractivity contribution in [2.45, 2.75) is 0 Å². The monoisotopic (exact) mass is 321 g/mol. The molecule has 2 rings (SSSR count). The van der Waals surface area contributed by atoms with Gasteiger partial charge in [-0.1, -0.05) is 23.8 Å². The van der Waals surface area contributed by atoms with E-state index < -0.39 is 0 Å². The van der Waals surface area contributed by atoms with Crippen LogP contribution in [-0.2, 0) is 4.79 Å². The molecule has 7 heteroatoms. The SMILES string of the molecule is NC(=S)c1ccc(OCC(=O)Nc2ncccc2Cl)cc1. The van der Waals surface area contributed by atoms with Gasteiger partial charge in [-0.25, -0.2) is 4.98 Å². The number of amides is 1. The van der Waals surface area contributed by atoms with Crippen LogP contribution in [0.2, 0.25) is 5.02 Å². The Kier molecular flexibility index (Phi) is 5.08. The number of carbonyl (C=O) groups is 1. The summed E-state index contributed by atoms with van der Waals surface area (Å²) in [5, 5.41) is 2.93. The summed E-state index contributed by atoms with van der Waals surface area (Å²) in [5.41, 5.74) is 6.23. The molecule has 0 aliphatic heterocycles. The maximum atomic E-state index is 11.7. The molecule has 0 radical (unpaired) electrons. The Morgan fingerprint density at radius 1 is 1.33 bits per heavy atom. The van der Waals surface area contributed by atoms with Crippen LogP contribution in [0.25, 0.3) is 0 Å². The van der Waals surface area contributed by atoms with Gasteiger partial charge in [0, 0.05) is 11.8 Å². The summed E-state index contributed by atoms with van der Waals surface area (Å²) in [6, 6.07) is 10.2. The Morgan fingerprint density at radius 3 is 2.67 bits per heavy atom. The Labute approximate surface area is 132 Å². The van der Waals surface area contributed by atoms with E-state index >= 15 is 0 Å². The van der Waals surface area contributed by atoms with Crippen molar-refractivity contribution in [3.8, 4) is 5.75 Å². The number of nitrogens with one attached hydrogen (secondary N) is 1. The fourth-order valence-electron chi connectivity index (χ4n) is 1.51. The van der Waals surface area contributed by atoms with Crippen molar-refractivity contribution in [1.29, 1.82) is 0 Å². The van der Waals surface area contributed by atoms with Gasteiger partial charge in [0.05, 0.1) is 5.02 Å². The minimum absolute atomic E-state index is 0.153. The van der Waals surface area contributed by atoms with Gasteiger partial charge in [0.1, 0.15) is 10.7 Å². The van der Waals surface area contributed by atoms with Gasteiger partial charge in [-0.3, -0.25) is 4.79 Å². The lowest BCUT2D eigenvalue weighted by Gasteiger charge is -2.08. The molecule has 1 aromatic carbocycles. The lowest BCUT2D eigenvalue weighted by atomic mass is 10.2. The number of benzene rings is 1. The van der Waals surface area contributed by atoms with Crippen molar-refractivity contribution in [2.24, 2.45) is 5.73 Å². The van der Waals surface area contributed by atoms with Crippen molar-refractivity contribution in [3.05, 3.63) is 53.2 Å². The predicted molar refractivity (Wildman–Crippen MR) is 85.7 cm³/mol. The van der Waals surface area contributed by atoms with Gasteiger partial charge in [0.25, 0.3) is 5.91 Å². The molecule has 1 amide bonds. The molecule has 1 aromatic heterocycles. The Bertz CT molecular complexity index is 662. The van der Waals surface area contributed by atoms with Crippen molar-refractivity contribution in [3.63, 3.8) is 0 Å². The van der Waals surface area contributed by atoms with Gasteiger partial charge >= 0.3 is 0 Å². The molecule has 0 atom stereocenters. The highest BCUT2D eigenvalue weighted by molar-refractivity contribution is 7.80. The minimum atomic E-state index is -0.353. The van der Waals surface area contributed by atoms with Crippen molar-refractivity contribution in [2.75, 3.05) is 11.9 Å². The zero-order valence-electron chi connectivity index (χ0n) is 10.9. The summed E-state index contributed by atoms with van der Waals surface area (Å²) in [6.07, 6.45) is 1.54. The standard InChI is InChI=1S/C14H12ClN3O2S/c15-11-2-1-7-17-14(11)18-12(19)8-20-10-5-3-9(4-6-10)13(16)21/h1-7H,8H2,(H2,16,21)(H,17,18,19). The number of nitrogens with two attached hydrogens (primary N) is 1. The van der Waals surface area contributed by atoms with Gasteiger partial charge < -0.3 is 15.8 Å². The molecule has 108 valence electrons. The predicted octanol–water partition coefficient (Wildman–Crippen LogP) is 2.39. The second-order valence-corrected chi connectivity index (χ2v) is 4.91. The van der Waals surface area contributed by atoms with Crippen LogP contribution in [0, 0.1) is 0 Å².